The molecule has 0 aromatic heterocycles. The molecular formula is C13H26N2O3S. The molecule has 0 saturated carbocycles. The molecule has 0 spiro atoms. The van der Waals surface area contributed by atoms with E-state index in [0.29, 0.717) is 18.9 Å². The molecular weight excluding hydrogens is 264 g/mol. The highest BCUT2D eigenvalue weighted by Crippen LogP contribution is 2.31. The lowest BCUT2D eigenvalue weighted by Gasteiger charge is -2.48. The van der Waals surface area contributed by atoms with Crippen molar-refractivity contribution in [3.8, 4) is 0 Å². The van der Waals surface area contributed by atoms with Crippen molar-refractivity contribution < 1.29 is 13.2 Å². The van der Waals surface area contributed by atoms with Gasteiger partial charge in [0.15, 0.2) is 9.84 Å². The zero-order valence-corrected chi connectivity index (χ0v) is 12.6. The fourth-order valence-electron chi connectivity index (χ4n) is 3.46. The first-order valence-corrected chi connectivity index (χ1v) is 9.11. The molecule has 19 heavy (non-hydrogen) atoms. The highest BCUT2D eigenvalue weighted by atomic mass is 32.2. The number of piperidine rings is 1. The number of hydrogen-bond donors (Lipinski definition) is 1. The Balaban J connectivity index is 2.11. The van der Waals surface area contributed by atoms with E-state index in [9.17, 15) is 8.42 Å². The summed E-state index contributed by atoms with van der Waals surface area (Å²) in [6.07, 6.45) is 3.98. The Morgan fingerprint density at radius 2 is 2.21 bits per heavy atom. The summed E-state index contributed by atoms with van der Waals surface area (Å²) in [5.74, 6) is 0.535. The predicted molar refractivity (Wildman–Crippen MR) is 75.9 cm³/mol. The lowest BCUT2D eigenvalue weighted by molar-refractivity contribution is -0.0302. The smallest absolute Gasteiger partial charge is 0.152 e. The Hall–Kier alpha value is -0.170. The standard InChI is InChI=1S/C13H26N2O3S/c1-2-18-12-5-3-7-15(9-12)13(10-14)6-4-8-19(16,17)11-13/h12H,2-11,14H2,1H3. The van der Waals surface area contributed by atoms with Crippen LogP contribution >= 0.6 is 0 Å². The SMILES string of the molecule is CCOC1CCCN(C2(CN)CCCS(=O)(=O)C2)C1. The molecule has 5 nitrogen and oxygen atoms in total. The Morgan fingerprint density at radius 3 is 2.84 bits per heavy atom. The van der Waals surface area contributed by atoms with Crippen LogP contribution in [0.15, 0.2) is 0 Å². The highest BCUT2D eigenvalue weighted by Gasteiger charge is 2.44. The van der Waals surface area contributed by atoms with Crippen molar-refractivity contribution in [1.29, 1.82) is 0 Å². The largest absolute Gasteiger partial charge is 0.377 e. The molecule has 2 aliphatic rings. The Bertz CT molecular complexity index is 397. The third-order valence-electron chi connectivity index (χ3n) is 4.42. The van der Waals surface area contributed by atoms with E-state index in [0.717, 1.165) is 38.8 Å². The van der Waals surface area contributed by atoms with Gasteiger partial charge in [0.2, 0.25) is 0 Å². The van der Waals surface area contributed by atoms with Crippen molar-refractivity contribution in [3.05, 3.63) is 0 Å². The predicted octanol–water partition coefficient (Wildman–Crippen LogP) is 0.393. The van der Waals surface area contributed by atoms with Crippen LogP contribution in [0.5, 0.6) is 0 Å². The van der Waals surface area contributed by atoms with E-state index in [1.54, 1.807) is 0 Å². The minimum absolute atomic E-state index is 0.218. The van der Waals surface area contributed by atoms with Gasteiger partial charge >= 0.3 is 0 Å². The van der Waals surface area contributed by atoms with E-state index < -0.39 is 9.84 Å². The quantitative estimate of drug-likeness (QED) is 0.811. The summed E-state index contributed by atoms with van der Waals surface area (Å²) >= 11 is 0. The summed E-state index contributed by atoms with van der Waals surface area (Å²) in [6.45, 7) is 4.90. The van der Waals surface area contributed by atoms with Gasteiger partial charge in [0.25, 0.3) is 0 Å². The number of nitrogens with zero attached hydrogens (tertiary/aromatic N) is 1. The molecule has 0 aromatic carbocycles. The number of likely N-dealkylation sites (tertiary alicyclic amines) is 1. The summed E-state index contributed by atoms with van der Waals surface area (Å²) in [5.41, 5.74) is 5.61. The highest BCUT2D eigenvalue weighted by molar-refractivity contribution is 7.91. The van der Waals surface area contributed by atoms with E-state index in [2.05, 4.69) is 4.90 Å². The summed E-state index contributed by atoms with van der Waals surface area (Å²) in [7, 11) is -2.94. The summed E-state index contributed by atoms with van der Waals surface area (Å²) < 4.78 is 29.6. The zero-order valence-electron chi connectivity index (χ0n) is 11.8. The molecule has 2 saturated heterocycles. The minimum Gasteiger partial charge on any atom is -0.377 e. The lowest BCUT2D eigenvalue weighted by atomic mass is 9.90. The molecule has 112 valence electrons. The first kappa shape index (κ1) is 15.2. The monoisotopic (exact) mass is 290 g/mol. The summed E-state index contributed by atoms with van der Waals surface area (Å²) in [6, 6.07) is 0. The second kappa shape index (κ2) is 6.08. The first-order valence-electron chi connectivity index (χ1n) is 7.28. The van der Waals surface area contributed by atoms with Crippen LogP contribution in [0.4, 0.5) is 0 Å². The molecule has 0 radical (unpaired) electrons. The summed E-state index contributed by atoms with van der Waals surface area (Å²) in [5, 5.41) is 0. The van der Waals surface area contributed by atoms with Crippen molar-refractivity contribution in [2.45, 2.75) is 44.2 Å². The number of sulfone groups is 1. The van der Waals surface area contributed by atoms with Crippen LogP contribution in [0.25, 0.3) is 0 Å². The topological polar surface area (TPSA) is 72.6 Å². The third-order valence-corrected chi connectivity index (χ3v) is 6.31. The molecule has 6 heteroatoms. The van der Waals surface area contributed by atoms with Crippen molar-refractivity contribution >= 4 is 9.84 Å². The van der Waals surface area contributed by atoms with Gasteiger partial charge in [-0.2, -0.15) is 0 Å². The number of nitrogens with two attached hydrogens (primary N) is 1. The van der Waals surface area contributed by atoms with Gasteiger partial charge in [-0.05, 0) is 39.2 Å². The lowest BCUT2D eigenvalue weighted by Crippen LogP contribution is -2.63. The molecule has 0 amide bonds. The number of hydrogen-bond acceptors (Lipinski definition) is 5. The molecule has 2 unspecified atom stereocenters. The molecule has 0 aliphatic carbocycles. The van der Waals surface area contributed by atoms with Crippen molar-refractivity contribution in [2.75, 3.05) is 37.7 Å². The van der Waals surface area contributed by atoms with Gasteiger partial charge in [0, 0.05) is 25.2 Å². The molecule has 2 fully saturated rings. The van der Waals surface area contributed by atoms with E-state index in [-0.39, 0.29) is 17.4 Å². The van der Waals surface area contributed by atoms with Gasteiger partial charge in [0.05, 0.1) is 17.6 Å². The molecule has 2 N–H and O–H groups in total. The first-order chi connectivity index (χ1) is 9.01. The van der Waals surface area contributed by atoms with Crippen molar-refractivity contribution in [3.63, 3.8) is 0 Å². The average molecular weight is 290 g/mol. The van der Waals surface area contributed by atoms with E-state index in [1.807, 2.05) is 6.92 Å². The van der Waals surface area contributed by atoms with Crippen molar-refractivity contribution in [2.24, 2.45) is 5.73 Å². The fourth-order valence-corrected chi connectivity index (χ4v) is 5.45. The van der Waals surface area contributed by atoms with Gasteiger partial charge < -0.3 is 10.5 Å². The molecule has 0 bridgehead atoms. The average Bonchev–Trinajstić information content (AvgIpc) is 2.38. The van der Waals surface area contributed by atoms with Gasteiger partial charge in [-0.3, -0.25) is 4.90 Å². The summed E-state index contributed by atoms with van der Waals surface area (Å²) in [4.78, 5) is 2.29. The van der Waals surface area contributed by atoms with E-state index in [1.165, 1.54) is 0 Å². The van der Waals surface area contributed by atoms with Gasteiger partial charge in [-0.1, -0.05) is 0 Å². The third kappa shape index (κ3) is 3.48. The van der Waals surface area contributed by atoms with Crippen LogP contribution in [0, 0.1) is 0 Å². The maximum Gasteiger partial charge on any atom is 0.152 e. The normalized spacial score (nSPS) is 36.2. The molecule has 2 aliphatic heterocycles. The molecule has 0 aromatic rings. The minimum atomic E-state index is -2.94. The van der Waals surface area contributed by atoms with Crippen LogP contribution in [0.1, 0.15) is 32.6 Å². The molecule has 2 heterocycles. The van der Waals surface area contributed by atoms with Crippen molar-refractivity contribution in [1.82, 2.24) is 4.90 Å². The zero-order chi connectivity index (χ0) is 13.9. The van der Waals surface area contributed by atoms with Gasteiger partial charge in [0.1, 0.15) is 0 Å². The van der Waals surface area contributed by atoms with Crippen LogP contribution in [0.3, 0.4) is 0 Å². The van der Waals surface area contributed by atoms with E-state index in [4.69, 9.17) is 10.5 Å². The Kier molecular flexibility index (Phi) is 4.87. The van der Waals surface area contributed by atoms with Crippen LogP contribution in [0.2, 0.25) is 0 Å². The molecule has 2 rings (SSSR count). The Labute approximate surface area is 116 Å². The van der Waals surface area contributed by atoms with Gasteiger partial charge in [-0.25, -0.2) is 8.42 Å². The van der Waals surface area contributed by atoms with Gasteiger partial charge in [-0.15, -0.1) is 0 Å². The maximum absolute atomic E-state index is 12.0. The maximum atomic E-state index is 12.0. The second-order valence-corrected chi connectivity index (χ2v) is 7.97. The second-order valence-electron chi connectivity index (χ2n) is 5.79. The number of rotatable bonds is 4. The fraction of sp³-hybridized carbons (Fsp3) is 1.00. The molecule has 2 atom stereocenters. The van der Waals surface area contributed by atoms with Crippen LogP contribution < -0.4 is 5.73 Å². The number of ether oxygens (including phenoxy) is 1. The Morgan fingerprint density at radius 1 is 1.42 bits per heavy atom. The van der Waals surface area contributed by atoms with Crippen LogP contribution in [-0.2, 0) is 14.6 Å². The van der Waals surface area contributed by atoms with E-state index >= 15 is 0 Å². The van der Waals surface area contributed by atoms with Crippen LogP contribution in [-0.4, -0.2) is 62.7 Å².